The lowest BCUT2D eigenvalue weighted by atomic mass is 9.96. The molecule has 0 aromatic carbocycles. The Labute approximate surface area is 119 Å². The predicted molar refractivity (Wildman–Crippen MR) is 75.7 cm³/mol. The lowest BCUT2D eigenvalue weighted by Crippen LogP contribution is -2.28. The van der Waals surface area contributed by atoms with Crippen molar-refractivity contribution >= 4 is 5.97 Å². The minimum atomic E-state index is -1.02. The maximum atomic E-state index is 10.7. The summed E-state index contributed by atoms with van der Waals surface area (Å²) in [4.78, 5) is 13.2. The topological polar surface area (TPSA) is 71.2 Å². The minimum Gasteiger partial charge on any atom is -0.476 e. The first kappa shape index (κ1) is 15.0. The van der Waals surface area contributed by atoms with Gasteiger partial charge in [-0.05, 0) is 38.3 Å². The first-order valence-corrected chi connectivity index (χ1v) is 7.54. The van der Waals surface area contributed by atoms with Gasteiger partial charge in [0.05, 0.1) is 12.7 Å². The Balaban J connectivity index is 1.77. The largest absolute Gasteiger partial charge is 0.476 e. The number of carbonyl (C=O) groups is 1. The van der Waals surface area contributed by atoms with Gasteiger partial charge in [-0.2, -0.15) is 0 Å². The molecular formula is C14H24N4O2. The molecule has 112 valence electrons. The first-order chi connectivity index (χ1) is 9.69. The second-order valence-corrected chi connectivity index (χ2v) is 5.60. The summed E-state index contributed by atoms with van der Waals surface area (Å²) in [6, 6.07) is 0. The summed E-state index contributed by atoms with van der Waals surface area (Å²) < 4.78 is 1.62. The van der Waals surface area contributed by atoms with Gasteiger partial charge >= 0.3 is 5.97 Å². The van der Waals surface area contributed by atoms with Crippen molar-refractivity contribution in [2.45, 2.75) is 45.6 Å². The molecule has 1 aliphatic rings. The van der Waals surface area contributed by atoms with Crippen molar-refractivity contribution in [2.75, 3.05) is 19.6 Å². The number of carboxylic acid groups (broad SMARTS) is 1. The molecule has 0 amide bonds. The average Bonchev–Trinajstić information content (AvgIpc) is 2.79. The number of carboxylic acids is 1. The Morgan fingerprint density at radius 2 is 2.25 bits per heavy atom. The summed E-state index contributed by atoms with van der Waals surface area (Å²) in [5.41, 5.74) is 0.0175. The quantitative estimate of drug-likeness (QED) is 0.861. The zero-order chi connectivity index (χ0) is 14.4. The molecule has 2 rings (SSSR count). The molecule has 1 atom stereocenters. The molecule has 6 heteroatoms. The summed E-state index contributed by atoms with van der Waals surface area (Å²) in [6.07, 6.45) is 8.02. The molecule has 1 saturated heterocycles. The number of hydrogen-bond donors (Lipinski definition) is 1. The summed E-state index contributed by atoms with van der Waals surface area (Å²) >= 11 is 0. The van der Waals surface area contributed by atoms with Crippen molar-refractivity contribution in [2.24, 2.45) is 5.92 Å². The summed E-state index contributed by atoms with van der Waals surface area (Å²) in [5.74, 6) is -0.136. The summed E-state index contributed by atoms with van der Waals surface area (Å²) in [7, 11) is 0. The Bertz CT molecular complexity index is 433. The Kier molecular flexibility index (Phi) is 5.52. The van der Waals surface area contributed by atoms with Crippen LogP contribution in [0.25, 0.3) is 0 Å². The van der Waals surface area contributed by atoms with Crippen LogP contribution in [0.15, 0.2) is 6.20 Å². The maximum Gasteiger partial charge on any atom is 0.358 e. The molecule has 1 N–H and O–H groups in total. The van der Waals surface area contributed by atoms with Gasteiger partial charge in [-0.3, -0.25) is 4.68 Å². The van der Waals surface area contributed by atoms with E-state index in [1.165, 1.54) is 38.3 Å². The molecule has 0 radical (unpaired) electrons. The highest BCUT2D eigenvalue weighted by Gasteiger charge is 2.16. The van der Waals surface area contributed by atoms with Crippen LogP contribution in [0.1, 0.15) is 49.5 Å². The van der Waals surface area contributed by atoms with Crippen molar-refractivity contribution in [3.63, 3.8) is 0 Å². The van der Waals surface area contributed by atoms with Gasteiger partial charge in [-0.15, -0.1) is 5.10 Å². The van der Waals surface area contributed by atoms with E-state index in [0.29, 0.717) is 6.54 Å². The van der Waals surface area contributed by atoms with Crippen LogP contribution in [-0.2, 0) is 6.54 Å². The molecule has 2 heterocycles. The van der Waals surface area contributed by atoms with Crippen molar-refractivity contribution in [3.05, 3.63) is 11.9 Å². The van der Waals surface area contributed by atoms with Crippen LogP contribution >= 0.6 is 0 Å². The number of hydrogen-bond acceptors (Lipinski definition) is 4. The molecule has 1 aliphatic heterocycles. The lowest BCUT2D eigenvalue weighted by Gasteiger charge is -2.19. The molecule has 0 bridgehead atoms. The van der Waals surface area contributed by atoms with Gasteiger partial charge in [0.15, 0.2) is 5.69 Å². The van der Waals surface area contributed by atoms with E-state index in [-0.39, 0.29) is 5.69 Å². The molecule has 1 aromatic rings. The SMILES string of the molecule is CCCC1CCCN(CCn2cc(C(=O)O)nn2)CC1. The fourth-order valence-electron chi connectivity index (χ4n) is 2.89. The Morgan fingerprint density at radius 1 is 1.40 bits per heavy atom. The molecule has 20 heavy (non-hydrogen) atoms. The molecular weight excluding hydrogens is 256 g/mol. The van der Waals surface area contributed by atoms with E-state index in [1.807, 2.05) is 0 Å². The highest BCUT2D eigenvalue weighted by Crippen LogP contribution is 2.21. The van der Waals surface area contributed by atoms with E-state index < -0.39 is 5.97 Å². The Hall–Kier alpha value is -1.43. The smallest absolute Gasteiger partial charge is 0.358 e. The summed E-state index contributed by atoms with van der Waals surface area (Å²) in [6.45, 7) is 6.17. The summed E-state index contributed by atoms with van der Waals surface area (Å²) in [5, 5.41) is 16.3. The number of rotatable bonds is 6. The fourth-order valence-corrected chi connectivity index (χ4v) is 2.89. The van der Waals surface area contributed by atoms with Gasteiger partial charge in [0.25, 0.3) is 0 Å². The second kappa shape index (κ2) is 7.38. The third-order valence-corrected chi connectivity index (χ3v) is 4.04. The first-order valence-electron chi connectivity index (χ1n) is 7.54. The fraction of sp³-hybridized carbons (Fsp3) is 0.786. The normalized spacial score (nSPS) is 20.8. The lowest BCUT2D eigenvalue weighted by molar-refractivity contribution is 0.0690. The van der Waals surface area contributed by atoms with E-state index in [1.54, 1.807) is 4.68 Å². The van der Waals surface area contributed by atoms with Crippen LogP contribution < -0.4 is 0 Å². The van der Waals surface area contributed by atoms with Crippen LogP contribution in [-0.4, -0.2) is 50.6 Å². The van der Waals surface area contributed by atoms with Gasteiger partial charge < -0.3 is 10.0 Å². The van der Waals surface area contributed by atoms with E-state index in [0.717, 1.165) is 25.6 Å². The standard InChI is InChI=1S/C14H24N4O2/c1-2-4-12-5-3-7-17(8-6-12)9-10-18-11-13(14(19)20)15-16-18/h11-12H,2-10H2,1H3,(H,19,20). The van der Waals surface area contributed by atoms with Crippen LogP contribution in [0.3, 0.4) is 0 Å². The van der Waals surface area contributed by atoms with Gasteiger partial charge in [0.1, 0.15) is 0 Å². The van der Waals surface area contributed by atoms with E-state index in [4.69, 9.17) is 5.11 Å². The van der Waals surface area contributed by atoms with Crippen LogP contribution in [0.4, 0.5) is 0 Å². The molecule has 0 saturated carbocycles. The van der Waals surface area contributed by atoms with E-state index >= 15 is 0 Å². The zero-order valence-corrected chi connectivity index (χ0v) is 12.2. The Morgan fingerprint density at radius 3 is 2.95 bits per heavy atom. The van der Waals surface area contributed by atoms with Crippen molar-refractivity contribution in [1.29, 1.82) is 0 Å². The average molecular weight is 280 g/mol. The van der Waals surface area contributed by atoms with Crippen LogP contribution in [0.5, 0.6) is 0 Å². The number of likely N-dealkylation sites (tertiary alicyclic amines) is 1. The highest BCUT2D eigenvalue weighted by molar-refractivity contribution is 5.84. The molecule has 1 fully saturated rings. The van der Waals surface area contributed by atoms with Crippen LogP contribution in [0.2, 0.25) is 0 Å². The van der Waals surface area contributed by atoms with Gasteiger partial charge in [0.2, 0.25) is 0 Å². The van der Waals surface area contributed by atoms with Gasteiger partial charge in [-0.1, -0.05) is 25.0 Å². The third-order valence-electron chi connectivity index (χ3n) is 4.04. The van der Waals surface area contributed by atoms with Gasteiger partial charge in [-0.25, -0.2) is 4.79 Å². The molecule has 6 nitrogen and oxygen atoms in total. The monoisotopic (exact) mass is 280 g/mol. The molecule has 0 spiro atoms. The highest BCUT2D eigenvalue weighted by atomic mass is 16.4. The number of nitrogens with zero attached hydrogens (tertiary/aromatic N) is 4. The minimum absolute atomic E-state index is 0.0175. The van der Waals surface area contributed by atoms with E-state index in [9.17, 15) is 4.79 Å². The number of aromatic carboxylic acids is 1. The zero-order valence-electron chi connectivity index (χ0n) is 12.2. The third kappa shape index (κ3) is 4.30. The van der Waals surface area contributed by atoms with Gasteiger partial charge in [0, 0.05) is 6.54 Å². The number of aromatic nitrogens is 3. The molecule has 1 aromatic heterocycles. The van der Waals surface area contributed by atoms with Crippen molar-refractivity contribution in [3.8, 4) is 0 Å². The van der Waals surface area contributed by atoms with E-state index in [2.05, 4.69) is 22.1 Å². The maximum absolute atomic E-state index is 10.7. The predicted octanol–water partition coefficient (Wildman–Crippen LogP) is 1.88. The second-order valence-electron chi connectivity index (χ2n) is 5.60. The van der Waals surface area contributed by atoms with Crippen LogP contribution in [0, 0.1) is 5.92 Å². The van der Waals surface area contributed by atoms with Crippen molar-refractivity contribution < 1.29 is 9.90 Å². The molecule has 1 unspecified atom stereocenters. The van der Waals surface area contributed by atoms with Crippen molar-refractivity contribution in [1.82, 2.24) is 19.9 Å². The molecule has 0 aliphatic carbocycles.